The number of nitro groups is 2. The molecule has 1 saturated heterocycles. The second kappa shape index (κ2) is 6.98. The molecule has 2 rings (SSSR count). The fraction of sp³-hybridized carbons (Fsp3) is 0.538. The van der Waals surface area contributed by atoms with Gasteiger partial charge < -0.3 is 10.2 Å². The number of rotatable bonds is 7. The standard InChI is InChI=1S/C13H18N4O4/c18-16(19)11-4-5-12(13(10-11)17(20)21)14-6-3-9-15-7-1-2-8-15/h4-5,10,14H,1-3,6-9H2. The van der Waals surface area contributed by atoms with Gasteiger partial charge in [0.1, 0.15) is 5.69 Å². The molecule has 1 N–H and O–H groups in total. The summed E-state index contributed by atoms with van der Waals surface area (Å²) in [6.45, 7) is 3.82. The van der Waals surface area contributed by atoms with Gasteiger partial charge in [0.05, 0.1) is 15.9 Å². The van der Waals surface area contributed by atoms with Crippen molar-refractivity contribution in [2.45, 2.75) is 19.3 Å². The van der Waals surface area contributed by atoms with Crippen LogP contribution in [0.4, 0.5) is 17.1 Å². The lowest BCUT2D eigenvalue weighted by Gasteiger charge is -2.14. The fourth-order valence-corrected chi connectivity index (χ4v) is 2.47. The monoisotopic (exact) mass is 294 g/mol. The Labute approximate surface area is 122 Å². The van der Waals surface area contributed by atoms with Crippen molar-refractivity contribution in [3.8, 4) is 0 Å². The molecule has 0 radical (unpaired) electrons. The molecule has 1 aromatic carbocycles. The van der Waals surface area contributed by atoms with Crippen LogP contribution in [0.5, 0.6) is 0 Å². The highest BCUT2D eigenvalue weighted by Crippen LogP contribution is 2.28. The first-order chi connectivity index (χ1) is 10.1. The molecular formula is C13H18N4O4. The van der Waals surface area contributed by atoms with Gasteiger partial charge in [-0.2, -0.15) is 0 Å². The largest absolute Gasteiger partial charge is 0.379 e. The molecular weight excluding hydrogens is 276 g/mol. The van der Waals surface area contributed by atoms with E-state index in [4.69, 9.17) is 0 Å². The van der Waals surface area contributed by atoms with Crippen LogP contribution in [0.1, 0.15) is 19.3 Å². The lowest BCUT2D eigenvalue weighted by Crippen LogP contribution is -2.22. The van der Waals surface area contributed by atoms with Gasteiger partial charge in [0, 0.05) is 12.6 Å². The summed E-state index contributed by atoms with van der Waals surface area (Å²) in [5.41, 5.74) is -0.207. The van der Waals surface area contributed by atoms with E-state index >= 15 is 0 Å². The van der Waals surface area contributed by atoms with Crippen LogP contribution < -0.4 is 5.32 Å². The minimum atomic E-state index is -0.635. The van der Waals surface area contributed by atoms with Crippen molar-refractivity contribution in [2.24, 2.45) is 0 Å². The number of benzene rings is 1. The van der Waals surface area contributed by atoms with Gasteiger partial charge in [0.25, 0.3) is 11.4 Å². The zero-order valence-corrected chi connectivity index (χ0v) is 11.7. The van der Waals surface area contributed by atoms with Gasteiger partial charge in [0.2, 0.25) is 0 Å². The molecule has 1 aliphatic rings. The van der Waals surface area contributed by atoms with Gasteiger partial charge in [-0.25, -0.2) is 0 Å². The molecule has 0 unspecified atom stereocenters. The highest BCUT2D eigenvalue weighted by molar-refractivity contribution is 5.65. The average Bonchev–Trinajstić information content (AvgIpc) is 2.96. The minimum Gasteiger partial charge on any atom is -0.379 e. The van der Waals surface area contributed by atoms with Gasteiger partial charge in [-0.1, -0.05) is 0 Å². The summed E-state index contributed by atoms with van der Waals surface area (Å²) in [7, 11) is 0. The number of anilines is 1. The maximum Gasteiger partial charge on any atom is 0.299 e. The van der Waals surface area contributed by atoms with Crippen molar-refractivity contribution in [1.29, 1.82) is 0 Å². The molecule has 0 spiro atoms. The normalized spacial score (nSPS) is 15.0. The number of nitrogens with one attached hydrogen (secondary N) is 1. The van der Waals surface area contributed by atoms with Crippen molar-refractivity contribution >= 4 is 17.1 Å². The molecule has 8 nitrogen and oxygen atoms in total. The minimum absolute atomic E-state index is 0.259. The Balaban J connectivity index is 1.92. The van der Waals surface area contributed by atoms with Crippen LogP contribution in [-0.2, 0) is 0 Å². The van der Waals surface area contributed by atoms with E-state index in [-0.39, 0.29) is 11.4 Å². The molecule has 114 valence electrons. The van der Waals surface area contributed by atoms with Crippen LogP contribution >= 0.6 is 0 Å². The maximum absolute atomic E-state index is 11.0. The van der Waals surface area contributed by atoms with Gasteiger partial charge in [-0.05, 0) is 45.0 Å². The first kappa shape index (κ1) is 15.2. The van der Waals surface area contributed by atoms with Crippen LogP contribution in [0.25, 0.3) is 0 Å². The molecule has 1 aliphatic heterocycles. The molecule has 0 bridgehead atoms. The first-order valence-electron chi connectivity index (χ1n) is 6.97. The van der Waals surface area contributed by atoms with E-state index in [1.165, 1.54) is 25.0 Å². The highest BCUT2D eigenvalue weighted by Gasteiger charge is 2.19. The highest BCUT2D eigenvalue weighted by atomic mass is 16.6. The van der Waals surface area contributed by atoms with Gasteiger partial charge >= 0.3 is 0 Å². The molecule has 8 heteroatoms. The van der Waals surface area contributed by atoms with Gasteiger partial charge in [-0.15, -0.1) is 0 Å². The molecule has 21 heavy (non-hydrogen) atoms. The zero-order valence-electron chi connectivity index (χ0n) is 11.7. The number of nitro benzene ring substituents is 2. The molecule has 1 heterocycles. The van der Waals surface area contributed by atoms with E-state index in [1.807, 2.05) is 0 Å². The summed E-state index contributed by atoms with van der Waals surface area (Å²) in [4.78, 5) is 22.8. The topological polar surface area (TPSA) is 102 Å². The predicted octanol–water partition coefficient (Wildman–Crippen LogP) is 2.40. The maximum atomic E-state index is 11.0. The van der Waals surface area contributed by atoms with Crippen molar-refractivity contribution in [2.75, 3.05) is 31.5 Å². The summed E-state index contributed by atoms with van der Waals surface area (Å²) in [6, 6.07) is 3.66. The van der Waals surface area contributed by atoms with E-state index < -0.39 is 9.85 Å². The Kier molecular flexibility index (Phi) is 5.04. The third kappa shape index (κ3) is 4.12. The number of hydrogen-bond acceptors (Lipinski definition) is 6. The third-order valence-electron chi connectivity index (χ3n) is 3.55. The summed E-state index contributed by atoms with van der Waals surface area (Å²) >= 11 is 0. The molecule has 0 saturated carbocycles. The Bertz CT molecular complexity index is 529. The van der Waals surface area contributed by atoms with Crippen molar-refractivity contribution in [3.05, 3.63) is 38.4 Å². The van der Waals surface area contributed by atoms with E-state index in [1.54, 1.807) is 0 Å². The third-order valence-corrected chi connectivity index (χ3v) is 3.55. The Hall–Kier alpha value is -2.22. The predicted molar refractivity (Wildman–Crippen MR) is 78.5 cm³/mol. The summed E-state index contributed by atoms with van der Waals surface area (Å²) in [5.74, 6) is 0. The fourth-order valence-electron chi connectivity index (χ4n) is 2.47. The van der Waals surface area contributed by atoms with Crippen LogP contribution in [0.2, 0.25) is 0 Å². The molecule has 1 fully saturated rings. The van der Waals surface area contributed by atoms with Crippen LogP contribution in [0, 0.1) is 20.2 Å². The number of non-ortho nitro benzene ring substituents is 1. The van der Waals surface area contributed by atoms with E-state index in [9.17, 15) is 20.2 Å². The first-order valence-corrected chi connectivity index (χ1v) is 6.97. The summed E-state index contributed by atoms with van der Waals surface area (Å²) in [6.07, 6.45) is 3.36. The quantitative estimate of drug-likeness (QED) is 0.470. The Morgan fingerprint density at radius 2 is 1.86 bits per heavy atom. The zero-order chi connectivity index (χ0) is 15.2. The lowest BCUT2D eigenvalue weighted by atomic mass is 10.2. The summed E-state index contributed by atoms with van der Waals surface area (Å²) in [5, 5.41) is 24.6. The molecule has 0 aliphatic carbocycles. The number of hydrogen-bond donors (Lipinski definition) is 1. The van der Waals surface area contributed by atoms with Crippen molar-refractivity contribution < 1.29 is 9.85 Å². The summed E-state index contributed by atoms with van der Waals surface area (Å²) < 4.78 is 0. The van der Waals surface area contributed by atoms with E-state index in [2.05, 4.69) is 10.2 Å². The van der Waals surface area contributed by atoms with Crippen LogP contribution in [0.15, 0.2) is 18.2 Å². The van der Waals surface area contributed by atoms with Crippen LogP contribution in [-0.4, -0.2) is 40.9 Å². The van der Waals surface area contributed by atoms with Gasteiger partial charge in [0.15, 0.2) is 0 Å². The smallest absolute Gasteiger partial charge is 0.299 e. The van der Waals surface area contributed by atoms with E-state index in [0.29, 0.717) is 12.2 Å². The van der Waals surface area contributed by atoms with E-state index in [0.717, 1.165) is 32.1 Å². The Morgan fingerprint density at radius 3 is 2.48 bits per heavy atom. The Morgan fingerprint density at radius 1 is 1.14 bits per heavy atom. The number of likely N-dealkylation sites (tertiary alicyclic amines) is 1. The van der Waals surface area contributed by atoms with Crippen molar-refractivity contribution in [1.82, 2.24) is 4.90 Å². The second-order valence-corrected chi connectivity index (χ2v) is 5.04. The lowest BCUT2D eigenvalue weighted by molar-refractivity contribution is -0.393. The average molecular weight is 294 g/mol. The van der Waals surface area contributed by atoms with Gasteiger partial charge in [-0.3, -0.25) is 20.2 Å². The van der Waals surface area contributed by atoms with Crippen molar-refractivity contribution in [3.63, 3.8) is 0 Å². The number of nitrogens with zero attached hydrogens (tertiary/aromatic N) is 3. The van der Waals surface area contributed by atoms with Crippen LogP contribution in [0.3, 0.4) is 0 Å². The second-order valence-electron chi connectivity index (χ2n) is 5.04. The molecule has 0 amide bonds. The molecule has 0 aromatic heterocycles. The molecule has 0 atom stereocenters. The molecule has 1 aromatic rings. The SMILES string of the molecule is O=[N+]([O-])c1ccc(NCCCN2CCCC2)c([N+](=O)[O-])c1.